The van der Waals surface area contributed by atoms with Crippen LogP contribution in [0, 0.1) is 19.8 Å². The van der Waals surface area contributed by atoms with E-state index in [-0.39, 0.29) is 35.2 Å². The molecule has 0 spiro atoms. The normalized spacial score (nSPS) is 12.8. The Morgan fingerprint density at radius 2 is 1.58 bits per heavy atom. The highest BCUT2D eigenvalue weighted by Gasteiger charge is 2.36. The van der Waals surface area contributed by atoms with Gasteiger partial charge in [0, 0.05) is 29.2 Å². The first-order valence-electron chi connectivity index (χ1n) is 10.6. The van der Waals surface area contributed by atoms with Gasteiger partial charge < -0.3 is 10.1 Å². The molecule has 3 amide bonds. The fourth-order valence-corrected chi connectivity index (χ4v) is 3.62. The molecule has 0 fully saturated rings. The van der Waals surface area contributed by atoms with Crippen LogP contribution < -0.4 is 10.1 Å². The Hall–Kier alpha value is -4.07. The third kappa shape index (κ3) is 4.74. The number of amides is 3. The Morgan fingerprint density at radius 1 is 0.939 bits per heavy atom. The highest BCUT2D eigenvalue weighted by molar-refractivity contribution is 6.22. The fourth-order valence-electron chi connectivity index (χ4n) is 3.62. The van der Waals surface area contributed by atoms with E-state index in [1.54, 1.807) is 30.3 Å². The van der Waals surface area contributed by atoms with Gasteiger partial charge in [0.25, 0.3) is 17.7 Å². The van der Waals surface area contributed by atoms with Gasteiger partial charge in [-0.2, -0.15) is 0 Å². The van der Waals surface area contributed by atoms with Crippen LogP contribution in [0.3, 0.4) is 0 Å². The van der Waals surface area contributed by atoms with Crippen molar-refractivity contribution in [3.05, 3.63) is 76.6 Å². The smallest absolute Gasteiger partial charge is 0.322 e. The van der Waals surface area contributed by atoms with Crippen molar-refractivity contribution in [3.8, 4) is 11.8 Å². The third-order valence-corrected chi connectivity index (χ3v) is 5.06. The van der Waals surface area contributed by atoms with E-state index in [9.17, 15) is 14.4 Å². The molecule has 4 rings (SSSR count). The maximum absolute atomic E-state index is 12.7. The Bertz CT molecular complexity index is 1230. The van der Waals surface area contributed by atoms with Gasteiger partial charge in [-0.3, -0.25) is 19.3 Å². The van der Waals surface area contributed by atoms with E-state index in [1.807, 2.05) is 33.8 Å². The van der Waals surface area contributed by atoms with Crippen molar-refractivity contribution in [2.75, 3.05) is 11.9 Å². The molecule has 8 nitrogen and oxygen atoms in total. The Morgan fingerprint density at radius 3 is 2.21 bits per heavy atom. The lowest BCUT2D eigenvalue weighted by Gasteiger charge is -2.15. The van der Waals surface area contributed by atoms with E-state index in [0.29, 0.717) is 29.1 Å². The molecule has 0 unspecified atom stereocenters. The van der Waals surface area contributed by atoms with Gasteiger partial charge in [0.1, 0.15) is 5.75 Å². The number of fused-ring (bicyclic) bond motifs is 1. The number of hydrogen-bond acceptors (Lipinski definition) is 6. The second kappa shape index (κ2) is 8.82. The fraction of sp³-hybridized carbons (Fsp3) is 0.240. The van der Waals surface area contributed by atoms with Gasteiger partial charge in [0.15, 0.2) is 0 Å². The highest BCUT2D eigenvalue weighted by atomic mass is 16.5. The minimum absolute atomic E-state index is 0.156. The number of nitrogens with zero attached hydrogens (tertiary/aromatic N) is 3. The molecule has 0 aliphatic carbocycles. The quantitative estimate of drug-likeness (QED) is 0.566. The molecular weight excluding hydrogens is 420 g/mol. The molecule has 2 heterocycles. The zero-order valence-electron chi connectivity index (χ0n) is 18.9. The van der Waals surface area contributed by atoms with Gasteiger partial charge in [0.2, 0.25) is 0 Å². The van der Waals surface area contributed by atoms with Crippen molar-refractivity contribution < 1.29 is 19.1 Å². The third-order valence-electron chi connectivity index (χ3n) is 5.06. The number of ether oxygens (including phenoxy) is 1. The van der Waals surface area contributed by atoms with E-state index in [1.165, 1.54) is 17.0 Å². The molecule has 168 valence electrons. The predicted octanol–water partition coefficient (Wildman–Crippen LogP) is 4.39. The van der Waals surface area contributed by atoms with E-state index < -0.39 is 0 Å². The summed E-state index contributed by atoms with van der Waals surface area (Å²) in [6.07, 6.45) is 0. The van der Waals surface area contributed by atoms with Crippen molar-refractivity contribution in [2.45, 2.75) is 27.7 Å². The summed E-state index contributed by atoms with van der Waals surface area (Å²) >= 11 is 0. The van der Waals surface area contributed by atoms with Gasteiger partial charge >= 0.3 is 6.01 Å². The standard InChI is InChI=1S/C25H24N4O4/c1-14(2)13-29-23(31)20-10-5-17(12-21(20)24(29)32)22(30)28-18-6-8-19(9-7-18)33-25-26-15(3)11-16(4)27-25/h5-12,14H,13H2,1-4H3,(H,28,30). The number of aromatic nitrogens is 2. The van der Waals surface area contributed by atoms with Crippen molar-refractivity contribution in [1.82, 2.24) is 14.9 Å². The molecule has 8 heteroatoms. The van der Waals surface area contributed by atoms with Crippen LogP contribution in [0.2, 0.25) is 0 Å². The average molecular weight is 444 g/mol. The molecule has 1 N–H and O–H groups in total. The van der Waals surface area contributed by atoms with Gasteiger partial charge in [0.05, 0.1) is 11.1 Å². The summed E-state index contributed by atoms with van der Waals surface area (Å²) in [6, 6.07) is 13.5. The summed E-state index contributed by atoms with van der Waals surface area (Å²) in [6.45, 7) is 7.95. The molecule has 0 saturated carbocycles. The number of anilines is 1. The molecule has 0 saturated heterocycles. The second-order valence-corrected chi connectivity index (χ2v) is 8.39. The zero-order chi connectivity index (χ0) is 23.7. The first-order chi connectivity index (χ1) is 15.7. The first kappa shape index (κ1) is 22.1. The van der Waals surface area contributed by atoms with Crippen LogP contribution >= 0.6 is 0 Å². The van der Waals surface area contributed by atoms with Gasteiger partial charge in [-0.1, -0.05) is 13.8 Å². The Labute approximate surface area is 191 Å². The van der Waals surface area contributed by atoms with E-state index in [0.717, 1.165) is 11.4 Å². The minimum Gasteiger partial charge on any atom is -0.424 e. The van der Waals surface area contributed by atoms with Crippen LogP contribution in [-0.2, 0) is 0 Å². The van der Waals surface area contributed by atoms with Gasteiger partial charge in [-0.15, -0.1) is 0 Å². The van der Waals surface area contributed by atoms with Crippen LogP contribution in [0.5, 0.6) is 11.8 Å². The lowest BCUT2D eigenvalue weighted by Crippen LogP contribution is -2.33. The molecule has 0 radical (unpaired) electrons. The monoisotopic (exact) mass is 444 g/mol. The minimum atomic E-state index is -0.383. The Kier molecular flexibility index (Phi) is 5.91. The maximum atomic E-state index is 12.7. The zero-order valence-corrected chi connectivity index (χ0v) is 18.9. The maximum Gasteiger partial charge on any atom is 0.322 e. The predicted molar refractivity (Wildman–Crippen MR) is 123 cm³/mol. The number of aryl methyl sites for hydroxylation is 2. The van der Waals surface area contributed by atoms with Crippen LogP contribution in [0.25, 0.3) is 0 Å². The van der Waals surface area contributed by atoms with Crippen molar-refractivity contribution >= 4 is 23.4 Å². The summed E-state index contributed by atoms with van der Waals surface area (Å²) in [5, 5.41) is 2.79. The number of carbonyl (C=O) groups excluding carboxylic acids is 3. The number of benzene rings is 2. The SMILES string of the molecule is Cc1cc(C)nc(Oc2ccc(NC(=O)c3ccc4c(c3)C(=O)N(CC(C)C)C4=O)cc2)n1. The summed E-state index contributed by atoms with van der Waals surface area (Å²) in [5.74, 6) is -0.382. The molecule has 2 aromatic carbocycles. The van der Waals surface area contributed by atoms with E-state index in [4.69, 9.17) is 4.74 Å². The summed E-state index contributed by atoms with van der Waals surface area (Å²) < 4.78 is 5.69. The van der Waals surface area contributed by atoms with Crippen LogP contribution in [0.1, 0.15) is 56.3 Å². The number of carbonyl (C=O) groups is 3. The van der Waals surface area contributed by atoms with E-state index in [2.05, 4.69) is 15.3 Å². The number of nitrogens with one attached hydrogen (secondary N) is 1. The lowest BCUT2D eigenvalue weighted by atomic mass is 10.1. The molecule has 1 aliphatic rings. The van der Waals surface area contributed by atoms with E-state index >= 15 is 0 Å². The number of hydrogen-bond donors (Lipinski definition) is 1. The van der Waals surface area contributed by atoms with Crippen molar-refractivity contribution in [1.29, 1.82) is 0 Å². The topological polar surface area (TPSA) is 101 Å². The summed E-state index contributed by atoms with van der Waals surface area (Å²) in [7, 11) is 0. The van der Waals surface area contributed by atoms with Crippen LogP contribution in [0.15, 0.2) is 48.5 Å². The van der Waals surface area contributed by atoms with Crippen molar-refractivity contribution in [3.63, 3.8) is 0 Å². The average Bonchev–Trinajstić information content (AvgIpc) is 2.98. The summed E-state index contributed by atoms with van der Waals surface area (Å²) in [4.78, 5) is 47.6. The van der Waals surface area contributed by atoms with Crippen LogP contribution in [-0.4, -0.2) is 39.1 Å². The first-order valence-corrected chi connectivity index (χ1v) is 10.6. The second-order valence-electron chi connectivity index (χ2n) is 8.39. The van der Waals surface area contributed by atoms with Crippen LogP contribution in [0.4, 0.5) is 5.69 Å². The van der Waals surface area contributed by atoms with Gasteiger partial charge in [-0.05, 0) is 68.3 Å². The largest absolute Gasteiger partial charge is 0.424 e. The van der Waals surface area contributed by atoms with Crippen molar-refractivity contribution in [2.24, 2.45) is 5.92 Å². The molecule has 0 bridgehead atoms. The molecule has 1 aliphatic heterocycles. The molecule has 3 aromatic rings. The highest BCUT2D eigenvalue weighted by Crippen LogP contribution is 2.26. The Balaban J connectivity index is 1.45. The lowest BCUT2D eigenvalue weighted by molar-refractivity contribution is 0.0636. The molecule has 0 atom stereocenters. The molecular formula is C25H24N4O4. The molecule has 1 aromatic heterocycles. The molecule has 33 heavy (non-hydrogen) atoms. The summed E-state index contributed by atoms with van der Waals surface area (Å²) in [5.41, 5.74) is 3.05. The number of rotatable bonds is 6. The number of imide groups is 1. The van der Waals surface area contributed by atoms with Gasteiger partial charge in [-0.25, -0.2) is 9.97 Å².